The molecule has 0 saturated carbocycles. The van der Waals surface area contributed by atoms with Gasteiger partial charge in [0, 0.05) is 24.5 Å². The van der Waals surface area contributed by atoms with Gasteiger partial charge in [0.15, 0.2) is 0 Å². The van der Waals surface area contributed by atoms with E-state index in [0.717, 1.165) is 6.54 Å². The fourth-order valence-corrected chi connectivity index (χ4v) is 2.54. The lowest BCUT2D eigenvalue weighted by Gasteiger charge is -2.34. The van der Waals surface area contributed by atoms with Crippen LogP contribution in [-0.2, 0) is 9.53 Å². The Bertz CT molecular complexity index is 499. The van der Waals surface area contributed by atoms with Crippen LogP contribution in [-0.4, -0.2) is 54.9 Å². The lowest BCUT2D eigenvalue weighted by molar-refractivity contribution is -0.117. The van der Waals surface area contributed by atoms with E-state index in [0.29, 0.717) is 41.9 Å². The minimum Gasteiger partial charge on any atom is -0.395 e. The van der Waals surface area contributed by atoms with E-state index < -0.39 is 0 Å². The third kappa shape index (κ3) is 4.83. The van der Waals surface area contributed by atoms with Crippen LogP contribution >= 0.6 is 23.2 Å². The fraction of sp³-hybridized carbons (Fsp3) is 0.500. The van der Waals surface area contributed by atoms with Gasteiger partial charge in [0.05, 0.1) is 36.6 Å². The van der Waals surface area contributed by atoms with Gasteiger partial charge < -0.3 is 15.2 Å². The molecule has 7 heteroatoms. The SMILES string of the molecule is O=C(CCN1CCOCC1CO)Nc1cc(Cl)ccc1Cl. The van der Waals surface area contributed by atoms with Crippen LogP contribution in [0.4, 0.5) is 5.69 Å². The predicted octanol–water partition coefficient (Wildman–Crippen LogP) is 2.02. The van der Waals surface area contributed by atoms with Crippen LogP contribution < -0.4 is 5.32 Å². The first kappa shape index (κ1) is 16.5. The van der Waals surface area contributed by atoms with E-state index in [9.17, 15) is 9.90 Å². The summed E-state index contributed by atoms with van der Waals surface area (Å²) in [5.41, 5.74) is 0.509. The maximum Gasteiger partial charge on any atom is 0.225 e. The lowest BCUT2D eigenvalue weighted by atomic mass is 10.2. The smallest absolute Gasteiger partial charge is 0.225 e. The number of benzene rings is 1. The number of amides is 1. The number of anilines is 1. The summed E-state index contributed by atoms with van der Waals surface area (Å²) < 4.78 is 5.30. The normalized spacial score (nSPS) is 19.5. The van der Waals surface area contributed by atoms with E-state index >= 15 is 0 Å². The number of ether oxygens (including phenoxy) is 1. The number of carbonyl (C=O) groups is 1. The van der Waals surface area contributed by atoms with Crippen LogP contribution in [0.3, 0.4) is 0 Å². The van der Waals surface area contributed by atoms with Crippen molar-refractivity contribution in [2.24, 2.45) is 0 Å². The van der Waals surface area contributed by atoms with E-state index in [1.807, 2.05) is 0 Å². The minimum atomic E-state index is -0.137. The van der Waals surface area contributed by atoms with Crippen molar-refractivity contribution in [3.63, 3.8) is 0 Å². The number of rotatable bonds is 5. The Morgan fingerprint density at radius 3 is 3.05 bits per heavy atom. The van der Waals surface area contributed by atoms with Gasteiger partial charge in [-0.2, -0.15) is 0 Å². The number of hydrogen-bond donors (Lipinski definition) is 2. The van der Waals surface area contributed by atoms with E-state index in [-0.39, 0.29) is 18.6 Å². The number of halogens is 2. The number of morpholine rings is 1. The Morgan fingerprint density at radius 1 is 1.48 bits per heavy atom. The van der Waals surface area contributed by atoms with E-state index in [2.05, 4.69) is 10.2 Å². The Balaban J connectivity index is 1.85. The summed E-state index contributed by atoms with van der Waals surface area (Å²) in [6.45, 7) is 2.44. The van der Waals surface area contributed by atoms with Gasteiger partial charge in [-0.25, -0.2) is 0 Å². The van der Waals surface area contributed by atoms with Crippen molar-refractivity contribution >= 4 is 34.8 Å². The molecule has 1 amide bonds. The highest BCUT2D eigenvalue weighted by Gasteiger charge is 2.22. The van der Waals surface area contributed by atoms with Gasteiger partial charge in [0.1, 0.15) is 0 Å². The van der Waals surface area contributed by atoms with Crippen molar-refractivity contribution in [1.29, 1.82) is 0 Å². The van der Waals surface area contributed by atoms with Gasteiger partial charge in [-0.3, -0.25) is 9.69 Å². The lowest BCUT2D eigenvalue weighted by Crippen LogP contribution is -2.48. The molecule has 2 rings (SSSR count). The Kier molecular flexibility index (Phi) is 6.26. The molecule has 0 radical (unpaired) electrons. The van der Waals surface area contributed by atoms with E-state index in [1.165, 1.54) is 0 Å². The molecular weight excluding hydrogens is 315 g/mol. The fourth-order valence-electron chi connectivity index (χ4n) is 2.20. The monoisotopic (exact) mass is 332 g/mol. The van der Waals surface area contributed by atoms with Crippen molar-refractivity contribution in [2.75, 3.05) is 38.2 Å². The van der Waals surface area contributed by atoms with Crippen molar-refractivity contribution in [1.82, 2.24) is 4.90 Å². The molecule has 1 saturated heterocycles. The highest BCUT2D eigenvalue weighted by atomic mass is 35.5. The molecule has 1 aromatic rings. The largest absolute Gasteiger partial charge is 0.395 e. The highest BCUT2D eigenvalue weighted by molar-refractivity contribution is 6.35. The molecule has 1 atom stereocenters. The molecule has 1 fully saturated rings. The zero-order valence-electron chi connectivity index (χ0n) is 11.5. The Morgan fingerprint density at radius 2 is 2.29 bits per heavy atom. The summed E-state index contributed by atoms with van der Waals surface area (Å²) in [4.78, 5) is 14.0. The van der Waals surface area contributed by atoms with Gasteiger partial charge in [-0.05, 0) is 18.2 Å². The number of nitrogens with zero attached hydrogens (tertiary/aromatic N) is 1. The molecule has 1 aromatic carbocycles. The second kappa shape index (κ2) is 7.96. The molecule has 0 spiro atoms. The molecule has 0 aromatic heterocycles. The van der Waals surface area contributed by atoms with Gasteiger partial charge in [-0.15, -0.1) is 0 Å². The Labute approximate surface area is 133 Å². The molecule has 116 valence electrons. The van der Waals surface area contributed by atoms with Gasteiger partial charge in [0.2, 0.25) is 5.91 Å². The highest BCUT2D eigenvalue weighted by Crippen LogP contribution is 2.25. The number of hydrogen-bond acceptors (Lipinski definition) is 4. The van der Waals surface area contributed by atoms with Crippen LogP contribution in [0.1, 0.15) is 6.42 Å². The summed E-state index contributed by atoms with van der Waals surface area (Å²) in [5, 5.41) is 13.0. The first-order valence-electron chi connectivity index (χ1n) is 6.77. The number of nitrogens with one attached hydrogen (secondary N) is 1. The molecule has 1 unspecified atom stereocenters. The average molecular weight is 333 g/mol. The molecule has 21 heavy (non-hydrogen) atoms. The number of aliphatic hydroxyl groups excluding tert-OH is 1. The van der Waals surface area contributed by atoms with E-state index in [4.69, 9.17) is 27.9 Å². The van der Waals surface area contributed by atoms with E-state index in [1.54, 1.807) is 18.2 Å². The minimum absolute atomic E-state index is 0.0295. The topological polar surface area (TPSA) is 61.8 Å². The van der Waals surface area contributed by atoms with Gasteiger partial charge in [0.25, 0.3) is 0 Å². The van der Waals surface area contributed by atoms with Crippen molar-refractivity contribution in [3.8, 4) is 0 Å². The molecule has 0 aliphatic carbocycles. The average Bonchev–Trinajstić information content (AvgIpc) is 2.49. The maximum atomic E-state index is 12.0. The summed E-state index contributed by atoms with van der Waals surface area (Å²) in [6, 6.07) is 4.89. The molecule has 5 nitrogen and oxygen atoms in total. The second-order valence-electron chi connectivity index (χ2n) is 4.87. The van der Waals surface area contributed by atoms with Crippen molar-refractivity contribution in [3.05, 3.63) is 28.2 Å². The molecule has 2 N–H and O–H groups in total. The van der Waals surface area contributed by atoms with Crippen molar-refractivity contribution < 1.29 is 14.6 Å². The number of carbonyl (C=O) groups excluding carboxylic acids is 1. The third-order valence-corrected chi connectivity index (χ3v) is 3.95. The second-order valence-corrected chi connectivity index (χ2v) is 5.71. The van der Waals surface area contributed by atoms with Gasteiger partial charge >= 0.3 is 0 Å². The van der Waals surface area contributed by atoms with Gasteiger partial charge in [-0.1, -0.05) is 23.2 Å². The molecule has 1 aliphatic heterocycles. The maximum absolute atomic E-state index is 12.0. The molecule has 0 bridgehead atoms. The summed E-state index contributed by atoms with van der Waals surface area (Å²) >= 11 is 11.9. The summed E-state index contributed by atoms with van der Waals surface area (Å²) in [5.74, 6) is -0.137. The summed E-state index contributed by atoms with van der Waals surface area (Å²) in [7, 11) is 0. The van der Waals surface area contributed by atoms with Crippen LogP contribution in [0.15, 0.2) is 18.2 Å². The van der Waals surface area contributed by atoms with Crippen LogP contribution in [0, 0.1) is 0 Å². The molecule has 1 heterocycles. The standard InChI is InChI=1S/C14H18Cl2N2O3/c15-10-1-2-12(16)13(7-10)17-14(20)3-4-18-5-6-21-9-11(18)8-19/h1-2,7,11,19H,3-6,8-9H2,(H,17,20). The summed E-state index contributed by atoms with van der Waals surface area (Å²) in [6.07, 6.45) is 0.319. The van der Waals surface area contributed by atoms with Crippen LogP contribution in [0.5, 0.6) is 0 Å². The molecule has 1 aliphatic rings. The van der Waals surface area contributed by atoms with Crippen LogP contribution in [0.25, 0.3) is 0 Å². The quantitative estimate of drug-likeness (QED) is 0.865. The zero-order chi connectivity index (χ0) is 15.2. The van der Waals surface area contributed by atoms with Crippen LogP contribution in [0.2, 0.25) is 10.0 Å². The Hall–Kier alpha value is -0.850. The zero-order valence-corrected chi connectivity index (χ0v) is 13.0. The van der Waals surface area contributed by atoms with Crippen molar-refractivity contribution in [2.45, 2.75) is 12.5 Å². The number of aliphatic hydroxyl groups is 1. The predicted molar refractivity (Wildman–Crippen MR) is 83.0 cm³/mol. The first-order valence-corrected chi connectivity index (χ1v) is 7.53. The third-order valence-electron chi connectivity index (χ3n) is 3.39. The molecular formula is C14H18Cl2N2O3. The first-order chi connectivity index (χ1) is 10.1.